The molecule has 0 aromatic rings. The minimum Gasteiger partial charge on any atom is -0.332 e. The van der Waals surface area contributed by atoms with Crippen molar-refractivity contribution in [2.45, 2.75) is 12.1 Å². The van der Waals surface area contributed by atoms with Gasteiger partial charge in [-0.1, -0.05) is 0 Å². The molecule has 60 valence electrons. The predicted molar refractivity (Wildman–Crippen MR) is 35.4 cm³/mol. The Morgan fingerprint density at radius 1 is 1.36 bits per heavy atom. The standard InChI is InChI=1S/C5H8N4O2/c10-4-3-2(1-6-9-3)7-5(11)8-4/h2-3,6,9H,1H2,(H2,7,8,10,11). The lowest BCUT2D eigenvalue weighted by molar-refractivity contribution is -0.122. The number of hydrogen-bond donors (Lipinski definition) is 4. The maximum Gasteiger partial charge on any atom is 0.321 e. The molecule has 4 N–H and O–H groups in total. The summed E-state index contributed by atoms with van der Waals surface area (Å²) >= 11 is 0. The zero-order valence-electron chi connectivity index (χ0n) is 5.68. The smallest absolute Gasteiger partial charge is 0.321 e. The molecule has 2 fully saturated rings. The fraction of sp³-hybridized carbons (Fsp3) is 0.600. The summed E-state index contributed by atoms with van der Waals surface area (Å²) in [6.07, 6.45) is 0. The summed E-state index contributed by atoms with van der Waals surface area (Å²) in [7, 11) is 0. The molecule has 2 rings (SSSR count). The van der Waals surface area contributed by atoms with Crippen LogP contribution in [0, 0.1) is 0 Å². The van der Waals surface area contributed by atoms with E-state index in [2.05, 4.69) is 21.5 Å². The van der Waals surface area contributed by atoms with Crippen LogP contribution in [-0.4, -0.2) is 30.6 Å². The Labute approximate surface area is 62.7 Å². The minimum atomic E-state index is -0.415. The van der Waals surface area contributed by atoms with Gasteiger partial charge >= 0.3 is 6.03 Å². The molecule has 2 atom stereocenters. The van der Waals surface area contributed by atoms with Gasteiger partial charge in [-0.25, -0.2) is 10.2 Å². The van der Waals surface area contributed by atoms with E-state index in [1.54, 1.807) is 0 Å². The molecule has 0 radical (unpaired) electrons. The zero-order valence-corrected chi connectivity index (χ0v) is 5.68. The first-order valence-electron chi connectivity index (χ1n) is 3.37. The Balaban J connectivity index is 2.16. The van der Waals surface area contributed by atoms with E-state index in [9.17, 15) is 9.59 Å². The quantitative estimate of drug-likeness (QED) is 0.317. The first-order valence-corrected chi connectivity index (χ1v) is 3.37. The van der Waals surface area contributed by atoms with Gasteiger partial charge in [0.05, 0.1) is 6.04 Å². The van der Waals surface area contributed by atoms with Gasteiger partial charge in [0.1, 0.15) is 6.04 Å². The molecule has 0 aromatic carbocycles. The number of urea groups is 1. The maximum absolute atomic E-state index is 11.0. The van der Waals surface area contributed by atoms with E-state index in [1.807, 2.05) is 0 Å². The van der Waals surface area contributed by atoms with Gasteiger partial charge in [-0.3, -0.25) is 15.5 Å². The first kappa shape index (κ1) is 6.56. The minimum absolute atomic E-state index is 0.115. The number of nitrogens with one attached hydrogen (secondary N) is 4. The van der Waals surface area contributed by atoms with Crippen LogP contribution in [0.1, 0.15) is 0 Å². The molecule has 2 saturated heterocycles. The zero-order chi connectivity index (χ0) is 7.84. The van der Waals surface area contributed by atoms with E-state index >= 15 is 0 Å². The van der Waals surface area contributed by atoms with Gasteiger partial charge in [0.2, 0.25) is 5.91 Å². The normalized spacial score (nSPS) is 36.0. The second-order valence-corrected chi connectivity index (χ2v) is 2.57. The molecule has 0 aliphatic carbocycles. The number of fused-ring (bicyclic) bond motifs is 1. The number of carbonyl (C=O) groups is 2. The lowest BCUT2D eigenvalue weighted by Gasteiger charge is -2.23. The second-order valence-electron chi connectivity index (χ2n) is 2.57. The van der Waals surface area contributed by atoms with E-state index in [1.165, 1.54) is 0 Å². The van der Waals surface area contributed by atoms with Crippen molar-refractivity contribution in [3.05, 3.63) is 0 Å². The maximum atomic E-state index is 11.0. The van der Waals surface area contributed by atoms with Crippen molar-refractivity contribution in [1.82, 2.24) is 21.5 Å². The number of amides is 3. The SMILES string of the molecule is O=C1NC(=O)C2NNCC2N1. The molecule has 2 aliphatic rings. The number of carbonyl (C=O) groups excluding carboxylic acids is 2. The number of imide groups is 1. The summed E-state index contributed by atoms with van der Waals surface area (Å²) in [5, 5.41) is 4.77. The van der Waals surface area contributed by atoms with Gasteiger partial charge in [0, 0.05) is 6.54 Å². The van der Waals surface area contributed by atoms with Crippen LogP contribution >= 0.6 is 0 Å². The molecule has 3 amide bonds. The molecular weight excluding hydrogens is 148 g/mol. The Kier molecular flexibility index (Phi) is 1.30. The first-order chi connectivity index (χ1) is 5.27. The molecule has 0 bridgehead atoms. The van der Waals surface area contributed by atoms with Crippen LogP contribution in [0.3, 0.4) is 0 Å². The van der Waals surface area contributed by atoms with E-state index < -0.39 is 6.03 Å². The molecule has 0 saturated carbocycles. The average molecular weight is 156 g/mol. The van der Waals surface area contributed by atoms with Crippen molar-refractivity contribution in [1.29, 1.82) is 0 Å². The summed E-state index contributed by atoms with van der Waals surface area (Å²) in [4.78, 5) is 21.7. The molecule has 11 heavy (non-hydrogen) atoms. The second kappa shape index (κ2) is 2.18. The summed E-state index contributed by atoms with van der Waals surface area (Å²) in [6.45, 7) is 0.587. The van der Waals surface area contributed by atoms with Crippen molar-refractivity contribution >= 4 is 11.9 Å². The van der Waals surface area contributed by atoms with Crippen LogP contribution in [0.15, 0.2) is 0 Å². The molecule has 2 unspecified atom stereocenters. The fourth-order valence-electron chi connectivity index (χ4n) is 1.27. The summed E-state index contributed by atoms with van der Waals surface area (Å²) in [5.41, 5.74) is 5.54. The lowest BCUT2D eigenvalue weighted by Crippen LogP contribution is -2.62. The lowest BCUT2D eigenvalue weighted by atomic mass is 10.1. The average Bonchev–Trinajstić information content (AvgIpc) is 2.34. The highest BCUT2D eigenvalue weighted by atomic mass is 16.2. The van der Waals surface area contributed by atoms with Crippen LogP contribution in [0.5, 0.6) is 0 Å². The van der Waals surface area contributed by atoms with Crippen molar-refractivity contribution in [2.24, 2.45) is 0 Å². The number of rotatable bonds is 0. The highest BCUT2D eigenvalue weighted by Gasteiger charge is 2.38. The third kappa shape index (κ3) is 0.958. The van der Waals surface area contributed by atoms with Crippen LogP contribution in [0.4, 0.5) is 4.79 Å². The van der Waals surface area contributed by atoms with Crippen molar-refractivity contribution < 1.29 is 9.59 Å². The Bertz CT molecular complexity index is 217. The highest BCUT2D eigenvalue weighted by Crippen LogP contribution is 2.02. The predicted octanol–water partition coefficient (Wildman–Crippen LogP) is -2.33. The molecule has 2 heterocycles. The number of hydrogen-bond acceptors (Lipinski definition) is 4. The Hall–Kier alpha value is -1.14. The van der Waals surface area contributed by atoms with Gasteiger partial charge in [0.15, 0.2) is 0 Å². The summed E-state index contributed by atoms with van der Waals surface area (Å²) in [5.74, 6) is -0.274. The van der Waals surface area contributed by atoms with Crippen molar-refractivity contribution in [2.75, 3.05) is 6.54 Å². The van der Waals surface area contributed by atoms with Crippen LogP contribution in [-0.2, 0) is 4.79 Å². The van der Waals surface area contributed by atoms with Gasteiger partial charge in [-0.15, -0.1) is 0 Å². The fourth-order valence-corrected chi connectivity index (χ4v) is 1.27. The molecule has 6 heteroatoms. The topological polar surface area (TPSA) is 82.3 Å². The Morgan fingerprint density at radius 3 is 3.00 bits per heavy atom. The third-order valence-electron chi connectivity index (χ3n) is 1.82. The molecule has 0 spiro atoms. The van der Waals surface area contributed by atoms with E-state index in [0.717, 1.165) is 0 Å². The van der Waals surface area contributed by atoms with E-state index in [4.69, 9.17) is 0 Å². The van der Waals surface area contributed by atoms with Crippen LogP contribution < -0.4 is 21.5 Å². The largest absolute Gasteiger partial charge is 0.332 e. The summed E-state index contributed by atoms with van der Waals surface area (Å²) in [6, 6.07) is -0.856. The molecule has 2 aliphatic heterocycles. The molecular formula is C5H8N4O2. The highest BCUT2D eigenvalue weighted by molar-refractivity contribution is 6.00. The van der Waals surface area contributed by atoms with Gasteiger partial charge in [-0.2, -0.15) is 0 Å². The number of hydrazine groups is 1. The molecule has 6 nitrogen and oxygen atoms in total. The van der Waals surface area contributed by atoms with Crippen LogP contribution in [0.25, 0.3) is 0 Å². The monoisotopic (exact) mass is 156 g/mol. The van der Waals surface area contributed by atoms with E-state index in [-0.39, 0.29) is 18.0 Å². The van der Waals surface area contributed by atoms with Crippen molar-refractivity contribution in [3.8, 4) is 0 Å². The van der Waals surface area contributed by atoms with Gasteiger partial charge in [0.25, 0.3) is 0 Å². The third-order valence-corrected chi connectivity index (χ3v) is 1.82. The Morgan fingerprint density at radius 2 is 2.18 bits per heavy atom. The van der Waals surface area contributed by atoms with Crippen LogP contribution in [0.2, 0.25) is 0 Å². The van der Waals surface area contributed by atoms with E-state index in [0.29, 0.717) is 6.54 Å². The van der Waals surface area contributed by atoms with Gasteiger partial charge in [-0.05, 0) is 0 Å². The van der Waals surface area contributed by atoms with Crippen molar-refractivity contribution in [3.63, 3.8) is 0 Å². The summed E-state index contributed by atoms with van der Waals surface area (Å²) < 4.78 is 0. The molecule has 0 aromatic heterocycles. The van der Waals surface area contributed by atoms with Gasteiger partial charge < -0.3 is 5.32 Å².